The summed E-state index contributed by atoms with van der Waals surface area (Å²) in [6.07, 6.45) is 0.661. The molecule has 0 saturated carbocycles. The van der Waals surface area contributed by atoms with Crippen molar-refractivity contribution in [1.82, 2.24) is 4.31 Å². The summed E-state index contributed by atoms with van der Waals surface area (Å²) in [5.74, 6) is -0.262. The number of benzene rings is 2. The highest BCUT2D eigenvalue weighted by Crippen LogP contribution is 2.29. The first-order chi connectivity index (χ1) is 14.1. The quantitative estimate of drug-likeness (QED) is 0.310. The van der Waals surface area contributed by atoms with E-state index in [1.807, 2.05) is 26.0 Å². The molecule has 0 unspecified atom stereocenters. The number of non-ortho nitro benzene ring substituents is 1. The lowest BCUT2D eigenvalue weighted by molar-refractivity contribution is -0.385. The third-order valence-electron chi connectivity index (χ3n) is 5.33. The van der Waals surface area contributed by atoms with Gasteiger partial charge in [0, 0.05) is 25.2 Å². The van der Waals surface area contributed by atoms with Crippen LogP contribution in [-0.4, -0.2) is 36.7 Å². The zero-order chi connectivity index (χ0) is 22.1. The monoisotopic (exact) mass is 432 g/mol. The number of rotatable bonds is 5. The Labute approximate surface area is 175 Å². The third kappa shape index (κ3) is 4.52. The molecule has 0 aliphatic carbocycles. The van der Waals surface area contributed by atoms with Crippen molar-refractivity contribution in [3.05, 3.63) is 63.2 Å². The van der Waals surface area contributed by atoms with E-state index in [9.17, 15) is 23.3 Å². The van der Waals surface area contributed by atoms with Gasteiger partial charge in [0.05, 0.1) is 15.7 Å². The van der Waals surface area contributed by atoms with Gasteiger partial charge in [-0.05, 0) is 50.8 Å². The molecule has 1 saturated heterocycles. The van der Waals surface area contributed by atoms with Crippen LogP contribution in [0.3, 0.4) is 0 Å². The first-order valence-electron chi connectivity index (χ1n) is 9.63. The first-order valence-corrected chi connectivity index (χ1v) is 11.1. The largest absolute Gasteiger partial charge is 0.426 e. The zero-order valence-electron chi connectivity index (χ0n) is 17.1. The molecule has 0 radical (unpaired) electrons. The molecule has 0 spiro atoms. The molecule has 2 aromatic rings. The Hall–Kier alpha value is -2.78. The van der Waals surface area contributed by atoms with Crippen molar-refractivity contribution < 1.29 is 22.9 Å². The second-order valence-electron chi connectivity index (χ2n) is 7.58. The summed E-state index contributed by atoms with van der Waals surface area (Å²) < 4.78 is 32.8. The normalized spacial score (nSPS) is 15.7. The van der Waals surface area contributed by atoms with Gasteiger partial charge < -0.3 is 4.74 Å². The second-order valence-corrected chi connectivity index (χ2v) is 9.48. The number of sulfonamides is 1. The molecule has 9 heteroatoms. The number of piperidine rings is 1. The van der Waals surface area contributed by atoms with E-state index in [2.05, 4.69) is 0 Å². The molecule has 0 bridgehead atoms. The average Bonchev–Trinajstić information content (AvgIpc) is 2.70. The van der Waals surface area contributed by atoms with Gasteiger partial charge in [-0.2, -0.15) is 4.31 Å². The fourth-order valence-electron chi connectivity index (χ4n) is 3.56. The summed E-state index contributed by atoms with van der Waals surface area (Å²) in [5, 5.41) is 11.0. The minimum absolute atomic E-state index is 0.0759. The van der Waals surface area contributed by atoms with E-state index < -0.39 is 20.9 Å². The fraction of sp³-hybridized carbons (Fsp3) is 0.381. The van der Waals surface area contributed by atoms with Crippen molar-refractivity contribution in [2.24, 2.45) is 5.92 Å². The van der Waals surface area contributed by atoms with Crippen LogP contribution in [-0.2, 0) is 14.8 Å². The highest BCUT2D eigenvalue weighted by molar-refractivity contribution is 7.89. The standard InChI is InChI=1S/C21H24N2O6S/c1-14-4-7-19(16(3)12-14)29-21(24)17-8-10-22(11-9-17)30(27,28)20-13-18(23(25)26)6-5-15(20)2/h4-7,12-13,17H,8-11H2,1-3H3. The molecule has 160 valence electrons. The van der Waals surface area contributed by atoms with Crippen LogP contribution in [0.4, 0.5) is 5.69 Å². The van der Waals surface area contributed by atoms with Crippen LogP contribution >= 0.6 is 0 Å². The van der Waals surface area contributed by atoms with Gasteiger partial charge in [0.15, 0.2) is 0 Å². The lowest BCUT2D eigenvalue weighted by Gasteiger charge is -2.30. The average molecular weight is 432 g/mol. The highest BCUT2D eigenvalue weighted by atomic mass is 32.2. The summed E-state index contributed by atoms with van der Waals surface area (Å²) in [5.41, 5.74) is 2.11. The van der Waals surface area contributed by atoms with Crippen molar-refractivity contribution in [1.29, 1.82) is 0 Å². The number of nitro benzene ring substituents is 1. The molecule has 30 heavy (non-hydrogen) atoms. The van der Waals surface area contributed by atoms with Gasteiger partial charge >= 0.3 is 5.97 Å². The van der Waals surface area contributed by atoms with E-state index in [-0.39, 0.29) is 29.6 Å². The van der Waals surface area contributed by atoms with Crippen LogP contribution in [0.1, 0.15) is 29.5 Å². The van der Waals surface area contributed by atoms with Crippen LogP contribution < -0.4 is 4.74 Å². The number of ether oxygens (including phenoxy) is 1. The van der Waals surface area contributed by atoms with E-state index in [1.54, 1.807) is 13.0 Å². The van der Waals surface area contributed by atoms with Gasteiger partial charge in [-0.15, -0.1) is 0 Å². The molecule has 0 N–H and O–H groups in total. The molecule has 0 aromatic heterocycles. The minimum Gasteiger partial charge on any atom is -0.426 e. The predicted molar refractivity (Wildman–Crippen MR) is 111 cm³/mol. The number of nitro groups is 1. The van der Waals surface area contributed by atoms with Gasteiger partial charge in [0.25, 0.3) is 5.69 Å². The van der Waals surface area contributed by atoms with Crippen molar-refractivity contribution in [2.75, 3.05) is 13.1 Å². The molecule has 1 fully saturated rings. The molecule has 0 amide bonds. The molecule has 8 nitrogen and oxygen atoms in total. The maximum Gasteiger partial charge on any atom is 0.314 e. The summed E-state index contributed by atoms with van der Waals surface area (Å²) in [7, 11) is -3.89. The first kappa shape index (κ1) is 21.9. The minimum atomic E-state index is -3.89. The van der Waals surface area contributed by atoms with Gasteiger partial charge in [-0.1, -0.05) is 23.8 Å². The number of nitrogens with zero attached hydrogens (tertiary/aromatic N) is 2. The number of carbonyl (C=O) groups is 1. The molecule has 1 aliphatic heterocycles. The fourth-order valence-corrected chi connectivity index (χ4v) is 5.27. The third-order valence-corrected chi connectivity index (χ3v) is 7.37. The Bertz CT molecular complexity index is 1090. The molecule has 2 aromatic carbocycles. The Morgan fingerprint density at radius 3 is 2.33 bits per heavy atom. The van der Waals surface area contributed by atoms with Gasteiger partial charge in [-0.3, -0.25) is 14.9 Å². The lowest BCUT2D eigenvalue weighted by atomic mass is 9.98. The van der Waals surface area contributed by atoms with Crippen LogP contribution in [0.15, 0.2) is 41.3 Å². The molecule has 1 aliphatic rings. The molecular formula is C21H24N2O6S. The SMILES string of the molecule is Cc1ccc(OC(=O)C2CCN(S(=O)(=O)c3cc([N+](=O)[O-])ccc3C)CC2)c(C)c1. The number of hydrogen-bond acceptors (Lipinski definition) is 6. The van der Waals surface area contributed by atoms with Crippen molar-refractivity contribution >= 4 is 21.7 Å². The summed E-state index contributed by atoms with van der Waals surface area (Å²) >= 11 is 0. The number of esters is 1. The maximum absolute atomic E-state index is 13.0. The summed E-state index contributed by atoms with van der Waals surface area (Å²) in [6.45, 7) is 5.73. The van der Waals surface area contributed by atoms with E-state index >= 15 is 0 Å². The van der Waals surface area contributed by atoms with Gasteiger partial charge in [-0.25, -0.2) is 8.42 Å². The molecule has 3 rings (SSSR count). The highest BCUT2D eigenvalue weighted by Gasteiger charge is 2.34. The van der Waals surface area contributed by atoms with E-state index in [1.165, 1.54) is 16.4 Å². The van der Waals surface area contributed by atoms with Crippen LogP contribution in [0.25, 0.3) is 0 Å². The Morgan fingerprint density at radius 2 is 1.73 bits per heavy atom. The topological polar surface area (TPSA) is 107 Å². The Balaban J connectivity index is 1.69. The van der Waals surface area contributed by atoms with E-state index in [0.717, 1.165) is 17.2 Å². The van der Waals surface area contributed by atoms with E-state index in [4.69, 9.17) is 4.74 Å². The summed E-state index contributed by atoms with van der Waals surface area (Å²) in [4.78, 5) is 22.9. The van der Waals surface area contributed by atoms with E-state index in [0.29, 0.717) is 24.2 Å². The Kier molecular flexibility index (Phi) is 6.23. The van der Waals surface area contributed by atoms with Gasteiger partial charge in [0.2, 0.25) is 10.0 Å². The molecule has 1 heterocycles. The number of hydrogen-bond donors (Lipinski definition) is 0. The van der Waals surface area contributed by atoms with Crippen LogP contribution in [0.5, 0.6) is 5.75 Å². The number of aryl methyl sites for hydroxylation is 3. The van der Waals surface area contributed by atoms with Crippen LogP contribution in [0, 0.1) is 36.8 Å². The second kappa shape index (κ2) is 8.53. The Morgan fingerprint density at radius 1 is 1.07 bits per heavy atom. The number of carbonyl (C=O) groups excluding carboxylic acids is 1. The predicted octanol–water partition coefficient (Wildman–Crippen LogP) is 3.53. The van der Waals surface area contributed by atoms with Crippen molar-refractivity contribution in [3.8, 4) is 5.75 Å². The van der Waals surface area contributed by atoms with Crippen LogP contribution in [0.2, 0.25) is 0 Å². The lowest BCUT2D eigenvalue weighted by Crippen LogP contribution is -2.41. The smallest absolute Gasteiger partial charge is 0.314 e. The summed E-state index contributed by atoms with van der Waals surface area (Å²) in [6, 6.07) is 9.35. The molecule has 0 atom stereocenters. The zero-order valence-corrected chi connectivity index (χ0v) is 17.9. The van der Waals surface area contributed by atoms with Crippen molar-refractivity contribution in [2.45, 2.75) is 38.5 Å². The van der Waals surface area contributed by atoms with Crippen molar-refractivity contribution in [3.63, 3.8) is 0 Å². The maximum atomic E-state index is 13.0. The van der Waals surface area contributed by atoms with Gasteiger partial charge in [0.1, 0.15) is 5.75 Å². The molecular weight excluding hydrogens is 408 g/mol.